The summed E-state index contributed by atoms with van der Waals surface area (Å²) in [7, 11) is 3.00. The molecular formula is C19H17ClN2O5. The number of nitrogens with one attached hydrogen (secondary N) is 2. The number of rotatable bonds is 6. The van der Waals surface area contributed by atoms with Crippen molar-refractivity contribution in [2.24, 2.45) is 0 Å². The average Bonchev–Trinajstić information content (AvgIpc) is 2.99. The molecule has 0 atom stereocenters. The SMILES string of the molecule is COc1ccc(OC)c(NC(=O)Cc2c(C(=O)O)[nH]c3ccc(Cl)cc23)c1. The van der Waals surface area contributed by atoms with Crippen molar-refractivity contribution in [3.8, 4) is 11.5 Å². The Kier molecular flexibility index (Phi) is 5.23. The Morgan fingerprint density at radius 1 is 1.15 bits per heavy atom. The number of ether oxygens (including phenoxy) is 2. The number of anilines is 1. The molecule has 0 unspecified atom stereocenters. The molecule has 3 aromatic rings. The molecule has 3 N–H and O–H groups in total. The number of benzene rings is 2. The maximum atomic E-state index is 12.6. The van der Waals surface area contributed by atoms with E-state index in [4.69, 9.17) is 21.1 Å². The largest absolute Gasteiger partial charge is 0.497 e. The van der Waals surface area contributed by atoms with Crippen molar-refractivity contribution in [1.82, 2.24) is 4.98 Å². The fourth-order valence-electron chi connectivity index (χ4n) is 2.85. The zero-order chi connectivity index (χ0) is 19.6. The molecule has 0 aliphatic carbocycles. The lowest BCUT2D eigenvalue weighted by Crippen LogP contribution is -2.16. The lowest BCUT2D eigenvalue weighted by atomic mass is 10.1. The Labute approximate surface area is 159 Å². The van der Waals surface area contributed by atoms with Crippen LogP contribution in [0, 0.1) is 0 Å². The summed E-state index contributed by atoms with van der Waals surface area (Å²) in [5.41, 5.74) is 1.34. The Hall–Kier alpha value is -3.19. The van der Waals surface area contributed by atoms with E-state index < -0.39 is 11.9 Å². The first-order valence-electron chi connectivity index (χ1n) is 7.98. The predicted octanol–water partition coefficient (Wildman–Crippen LogP) is 3.72. The summed E-state index contributed by atoms with van der Waals surface area (Å²) in [5.74, 6) is -0.533. The molecule has 140 valence electrons. The van der Waals surface area contributed by atoms with Gasteiger partial charge in [-0.25, -0.2) is 4.79 Å². The van der Waals surface area contributed by atoms with Gasteiger partial charge in [-0.1, -0.05) is 11.6 Å². The molecular weight excluding hydrogens is 372 g/mol. The van der Waals surface area contributed by atoms with Gasteiger partial charge in [-0.15, -0.1) is 0 Å². The molecule has 2 aromatic carbocycles. The van der Waals surface area contributed by atoms with Crippen LogP contribution < -0.4 is 14.8 Å². The van der Waals surface area contributed by atoms with Gasteiger partial charge in [-0.05, 0) is 30.3 Å². The summed E-state index contributed by atoms with van der Waals surface area (Å²) in [4.78, 5) is 27.0. The molecule has 1 heterocycles. The average molecular weight is 389 g/mol. The van der Waals surface area contributed by atoms with Crippen LogP contribution in [0.1, 0.15) is 16.1 Å². The lowest BCUT2D eigenvalue weighted by molar-refractivity contribution is -0.115. The Morgan fingerprint density at radius 2 is 1.93 bits per heavy atom. The highest BCUT2D eigenvalue weighted by Gasteiger charge is 2.20. The van der Waals surface area contributed by atoms with Crippen LogP contribution in [0.15, 0.2) is 36.4 Å². The van der Waals surface area contributed by atoms with Crippen LogP contribution in [0.25, 0.3) is 10.9 Å². The molecule has 0 radical (unpaired) electrons. The van der Waals surface area contributed by atoms with E-state index in [9.17, 15) is 14.7 Å². The minimum absolute atomic E-state index is 0.0416. The van der Waals surface area contributed by atoms with Crippen molar-refractivity contribution < 1.29 is 24.2 Å². The van der Waals surface area contributed by atoms with Gasteiger partial charge in [-0.2, -0.15) is 0 Å². The summed E-state index contributed by atoms with van der Waals surface area (Å²) in [6.07, 6.45) is -0.150. The normalized spacial score (nSPS) is 10.6. The third-order valence-electron chi connectivity index (χ3n) is 4.10. The minimum atomic E-state index is -1.15. The van der Waals surface area contributed by atoms with E-state index in [0.29, 0.717) is 38.7 Å². The maximum Gasteiger partial charge on any atom is 0.352 e. The molecule has 0 aliphatic heterocycles. The van der Waals surface area contributed by atoms with Gasteiger partial charge >= 0.3 is 5.97 Å². The van der Waals surface area contributed by atoms with Gasteiger partial charge in [0, 0.05) is 27.6 Å². The first-order valence-corrected chi connectivity index (χ1v) is 8.36. The molecule has 0 aliphatic rings. The van der Waals surface area contributed by atoms with E-state index >= 15 is 0 Å². The Morgan fingerprint density at radius 3 is 2.59 bits per heavy atom. The van der Waals surface area contributed by atoms with Gasteiger partial charge in [-0.3, -0.25) is 4.79 Å². The molecule has 1 aromatic heterocycles. The van der Waals surface area contributed by atoms with Crippen LogP contribution in [0.3, 0.4) is 0 Å². The molecule has 0 fully saturated rings. The number of carboxylic acid groups (broad SMARTS) is 1. The van der Waals surface area contributed by atoms with E-state index in [1.807, 2.05) is 0 Å². The number of H-pyrrole nitrogens is 1. The number of halogens is 1. The fraction of sp³-hybridized carbons (Fsp3) is 0.158. The third-order valence-corrected chi connectivity index (χ3v) is 4.34. The number of carboxylic acids is 1. The standard InChI is InChI=1S/C19H17ClN2O5/c1-26-11-4-6-16(27-2)15(8-11)21-17(23)9-13-12-7-10(20)3-5-14(12)22-18(13)19(24)25/h3-8,22H,9H2,1-2H3,(H,21,23)(H,24,25). The summed E-state index contributed by atoms with van der Waals surface area (Å²) in [6, 6.07) is 9.96. The van der Waals surface area contributed by atoms with Crippen molar-refractivity contribution in [1.29, 1.82) is 0 Å². The minimum Gasteiger partial charge on any atom is -0.497 e. The van der Waals surface area contributed by atoms with Crippen molar-refractivity contribution in [3.05, 3.63) is 52.7 Å². The smallest absolute Gasteiger partial charge is 0.352 e. The van der Waals surface area contributed by atoms with Gasteiger partial charge < -0.3 is 24.9 Å². The molecule has 27 heavy (non-hydrogen) atoms. The topological polar surface area (TPSA) is 101 Å². The highest BCUT2D eigenvalue weighted by Crippen LogP contribution is 2.30. The summed E-state index contributed by atoms with van der Waals surface area (Å²) in [6.45, 7) is 0. The molecule has 8 heteroatoms. The molecule has 0 saturated carbocycles. The second-order valence-electron chi connectivity index (χ2n) is 5.76. The number of aromatic nitrogens is 1. The summed E-state index contributed by atoms with van der Waals surface area (Å²) < 4.78 is 10.4. The third kappa shape index (κ3) is 3.83. The van der Waals surface area contributed by atoms with Crippen molar-refractivity contribution >= 4 is 40.1 Å². The van der Waals surface area contributed by atoms with Crippen LogP contribution in [0.2, 0.25) is 5.02 Å². The van der Waals surface area contributed by atoms with Crippen LogP contribution >= 0.6 is 11.6 Å². The predicted molar refractivity (Wildman–Crippen MR) is 102 cm³/mol. The molecule has 0 spiro atoms. The molecule has 1 amide bonds. The number of hydrogen-bond acceptors (Lipinski definition) is 4. The Balaban J connectivity index is 1.94. The van der Waals surface area contributed by atoms with E-state index in [1.165, 1.54) is 14.2 Å². The van der Waals surface area contributed by atoms with Crippen molar-refractivity contribution in [3.63, 3.8) is 0 Å². The number of aromatic amines is 1. The van der Waals surface area contributed by atoms with E-state index in [1.54, 1.807) is 36.4 Å². The van der Waals surface area contributed by atoms with Crippen LogP contribution in [0.5, 0.6) is 11.5 Å². The highest BCUT2D eigenvalue weighted by atomic mass is 35.5. The fourth-order valence-corrected chi connectivity index (χ4v) is 3.02. The highest BCUT2D eigenvalue weighted by molar-refractivity contribution is 6.31. The number of aromatic carboxylic acids is 1. The summed E-state index contributed by atoms with van der Waals surface area (Å²) in [5, 5.41) is 13.2. The monoisotopic (exact) mass is 388 g/mol. The number of amides is 1. The number of carbonyl (C=O) groups is 2. The van der Waals surface area contributed by atoms with Crippen LogP contribution in [-0.2, 0) is 11.2 Å². The van der Waals surface area contributed by atoms with Crippen molar-refractivity contribution in [2.45, 2.75) is 6.42 Å². The quantitative estimate of drug-likeness (QED) is 0.597. The molecule has 0 saturated heterocycles. The van der Waals surface area contributed by atoms with Crippen LogP contribution in [0.4, 0.5) is 5.69 Å². The van der Waals surface area contributed by atoms with E-state index in [0.717, 1.165) is 0 Å². The zero-order valence-corrected chi connectivity index (χ0v) is 15.4. The van der Waals surface area contributed by atoms with E-state index in [2.05, 4.69) is 10.3 Å². The first-order chi connectivity index (χ1) is 12.9. The summed E-state index contributed by atoms with van der Waals surface area (Å²) >= 11 is 6.03. The van der Waals surface area contributed by atoms with Gasteiger partial charge in [0.25, 0.3) is 0 Å². The second kappa shape index (κ2) is 7.59. The molecule has 0 bridgehead atoms. The number of methoxy groups -OCH3 is 2. The molecule has 3 rings (SSSR count). The lowest BCUT2D eigenvalue weighted by Gasteiger charge is -2.12. The van der Waals surface area contributed by atoms with Gasteiger partial charge in [0.1, 0.15) is 17.2 Å². The maximum absolute atomic E-state index is 12.6. The number of carbonyl (C=O) groups excluding carboxylic acids is 1. The second-order valence-corrected chi connectivity index (χ2v) is 6.20. The van der Waals surface area contributed by atoms with Crippen molar-refractivity contribution in [2.75, 3.05) is 19.5 Å². The zero-order valence-electron chi connectivity index (χ0n) is 14.6. The first kappa shape index (κ1) is 18.6. The van der Waals surface area contributed by atoms with E-state index in [-0.39, 0.29) is 12.1 Å². The number of hydrogen-bond donors (Lipinski definition) is 3. The molecule has 7 nitrogen and oxygen atoms in total. The van der Waals surface area contributed by atoms with Crippen LogP contribution in [-0.4, -0.2) is 36.2 Å². The Bertz CT molecular complexity index is 1030. The number of fused-ring (bicyclic) bond motifs is 1. The van der Waals surface area contributed by atoms with Gasteiger partial charge in [0.05, 0.1) is 26.3 Å². The van der Waals surface area contributed by atoms with Gasteiger partial charge in [0.2, 0.25) is 5.91 Å². The van der Waals surface area contributed by atoms with Gasteiger partial charge in [0.15, 0.2) is 0 Å².